The molecule has 1 saturated carbocycles. The van der Waals surface area contributed by atoms with Gasteiger partial charge < -0.3 is 9.64 Å². The lowest BCUT2D eigenvalue weighted by Gasteiger charge is -2.38. The topological polar surface area (TPSA) is 53.3 Å². The van der Waals surface area contributed by atoms with Crippen molar-refractivity contribution < 1.29 is 9.53 Å². The summed E-state index contributed by atoms with van der Waals surface area (Å²) in [4.78, 5) is 14.0. The van der Waals surface area contributed by atoms with Crippen LogP contribution in [0.3, 0.4) is 0 Å². The van der Waals surface area contributed by atoms with Crippen molar-refractivity contribution >= 4 is 23.3 Å². The molecule has 0 aliphatic heterocycles. The van der Waals surface area contributed by atoms with Crippen LogP contribution in [0.2, 0.25) is 0 Å². The van der Waals surface area contributed by atoms with E-state index < -0.39 is 0 Å². The van der Waals surface area contributed by atoms with Crippen LogP contribution in [0.5, 0.6) is 0 Å². The van der Waals surface area contributed by atoms with E-state index in [1.807, 2.05) is 18.2 Å². The highest BCUT2D eigenvalue weighted by atomic mass is 35.5. The number of methoxy groups -OCH3 is 1. The molecule has 0 aromatic heterocycles. The number of hydrogen-bond donors (Lipinski definition) is 0. The molecule has 2 rings (SSSR count). The lowest BCUT2D eigenvalue weighted by atomic mass is 9.85. The molecule has 1 aliphatic rings. The van der Waals surface area contributed by atoms with Gasteiger partial charge in [-0.25, -0.2) is 0 Å². The minimum absolute atomic E-state index is 0.0309. The van der Waals surface area contributed by atoms with Gasteiger partial charge in [0.05, 0.1) is 24.7 Å². The maximum atomic E-state index is 11.7. The SMILES string of the molecule is CCN(c1ccc(C#N)cc1CCl)C1CCC(C(=O)OC)CC1. The molecule has 0 amide bonds. The van der Waals surface area contributed by atoms with Crippen LogP contribution in [-0.4, -0.2) is 25.7 Å². The van der Waals surface area contributed by atoms with E-state index in [4.69, 9.17) is 21.6 Å². The van der Waals surface area contributed by atoms with Gasteiger partial charge in [0.1, 0.15) is 0 Å². The fourth-order valence-electron chi connectivity index (χ4n) is 3.46. The Balaban J connectivity index is 2.15. The predicted molar refractivity (Wildman–Crippen MR) is 91.5 cm³/mol. The number of halogens is 1. The lowest BCUT2D eigenvalue weighted by Crippen LogP contribution is -2.39. The molecule has 23 heavy (non-hydrogen) atoms. The van der Waals surface area contributed by atoms with Gasteiger partial charge in [-0.15, -0.1) is 11.6 Å². The summed E-state index contributed by atoms with van der Waals surface area (Å²) in [6.07, 6.45) is 3.66. The minimum atomic E-state index is -0.0914. The molecule has 1 aromatic carbocycles. The molecule has 1 aliphatic carbocycles. The smallest absolute Gasteiger partial charge is 0.308 e. The zero-order valence-electron chi connectivity index (χ0n) is 13.7. The molecule has 0 N–H and O–H groups in total. The average molecular weight is 335 g/mol. The Morgan fingerprint density at radius 2 is 2.09 bits per heavy atom. The summed E-state index contributed by atoms with van der Waals surface area (Å²) in [7, 11) is 1.45. The summed E-state index contributed by atoms with van der Waals surface area (Å²) < 4.78 is 4.86. The van der Waals surface area contributed by atoms with Crippen LogP contribution in [0.1, 0.15) is 43.7 Å². The molecule has 5 heteroatoms. The van der Waals surface area contributed by atoms with Gasteiger partial charge in [0.25, 0.3) is 0 Å². The summed E-state index contributed by atoms with van der Waals surface area (Å²) in [6, 6.07) is 8.26. The molecule has 1 aromatic rings. The third kappa shape index (κ3) is 3.97. The van der Waals surface area contributed by atoms with E-state index in [0.29, 0.717) is 17.5 Å². The highest BCUT2D eigenvalue weighted by Gasteiger charge is 2.30. The van der Waals surface area contributed by atoms with E-state index in [1.54, 1.807) is 0 Å². The Bertz CT molecular complexity index is 589. The van der Waals surface area contributed by atoms with Gasteiger partial charge in [-0.05, 0) is 56.4 Å². The van der Waals surface area contributed by atoms with E-state index in [9.17, 15) is 4.79 Å². The number of hydrogen-bond acceptors (Lipinski definition) is 4. The Morgan fingerprint density at radius 1 is 1.39 bits per heavy atom. The number of nitriles is 1. The number of rotatable bonds is 5. The van der Waals surface area contributed by atoms with Crippen molar-refractivity contribution in [3.05, 3.63) is 29.3 Å². The van der Waals surface area contributed by atoms with E-state index in [1.165, 1.54) is 7.11 Å². The Hall–Kier alpha value is -1.73. The average Bonchev–Trinajstić information content (AvgIpc) is 2.62. The number of carbonyl (C=O) groups is 1. The number of nitrogens with zero attached hydrogens (tertiary/aromatic N) is 2. The number of carbonyl (C=O) groups excluding carboxylic acids is 1. The second kappa shape index (κ2) is 8.21. The highest BCUT2D eigenvalue weighted by molar-refractivity contribution is 6.17. The maximum absolute atomic E-state index is 11.7. The normalized spacial score (nSPS) is 20.6. The van der Waals surface area contributed by atoms with E-state index in [-0.39, 0.29) is 11.9 Å². The van der Waals surface area contributed by atoms with Crippen molar-refractivity contribution in [2.45, 2.75) is 44.5 Å². The van der Waals surface area contributed by atoms with Crippen molar-refractivity contribution in [2.75, 3.05) is 18.6 Å². The third-order valence-corrected chi connectivity index (χ3v) is 4.96. The van der Waals surface area contributed by atoms with Gasteiger partial charge in [-0.1, -0.05) is 0 Å². The van der Waals surface area contributed by atoms with Crippen molar-refractivity contribution in [3.63, 3.8) is 0 Å². The van der Waals surface area contributed by atoms with Gasteiger partial charge >= 0.3 is 5.97 Å². The summed E-state index contributed by atoms with van der Waals surface area (Å²) in [6.45, 7) is 3.01. The molecule has 0 spiro atoms. The largest absolute Gasteiger partial charge is 0.469 e. The van der Waals surface area contributed by atoms with Crippen LogP contribution in [-0.2, 0) is 15.4 Å². The van der Waals surface area contributed by atoms with Gasteiger partial charge in [0.2, 0.25) is 0 Å². The Morgan fingerprint density at radius 3 is 2.61 bits per heavy atom. The first-order valence-electron chi connectivity index (χ1n) is 8.08. The monoisotopic (exact) mass is 334 g/mol. The molecule has 0 heterocycles. The van der Waals surface area contributed by atoms with E-state index in [2.05, 4.69) is 17.9 Å². The molecule has 0 unspecified atom stereocenters. The van der Waals surface area contributed by atoms with Gasteiger partial charge in [0.15, 0.2) is 0 Å². The van der Waals surface area contributed by atoms with E-state index >= 15 is 0 Å². The second-order valence-corrected chi connectivity index (χ2v) is 6.17. The fraction of sp³-hybridized carbons (Fsp3) is 0.556. The number of anilines is 1. The van der Waals surface area contributed by atoms with Gasteiger partial charge in [-0.3, -0.25) is 4.79 Å². The molecule has 124 valence electrons. The Labute approximate surface area is 143 Å². The van der Waals surface area contributed by atoms with Crippen molar-refractivity contribution in [1.82, 2.24) is 0 Å². The van der Waals surface area contributed by atoms with Crippen LogP contribution < -0.4 is 4.90 Å². The number of esters is 1. The van der Waals surface area contributed by atoms with Crippen LogP contribution in [0.4, 0.5) is 5.69 Å². The maximum Gasteiger partial charge on any atom is 0.308 e. The zero-order valence-corrected chi connectivity index (χ0v) is 14.5. The van der Waals surface area contributed by atoms with Crippen LogP contribution in [0, 0.1) is 17.2 Å². The second-order valence-electron chi connectivity index (χ2n) is 5.90. The zero-order chi connectivity index (χ0) is 16.8. The van der Waals surface area contributed by atoms with Crippen LogP contribution in [0.15, 0.2) is 18.2 Å². The molecular weight excluding hydrogens is 312 g/mol. The molecule has 0 atom stereocenters. The molecular formula is C18H23ClN2O2. The first-order chi connectivity index (χ1) is 11.1. The summed E-state index contributed by atoms with van der Waals surface area (Å²) in [5.41, 5.74) is 2.72. The van der Waals surface area contributed by atoms with Gasteiger partial charge in [-0.2, -0.15) is 5.26 Å². The number of ether oxygens (including phenoxy) is 1. The standard InChI is InChI=1S/C18H23ClN2O2/c1-3-21(16-7-5-14(6-8-16)18(22)23-2)17-9-4-13(12-20)10-15(17)11-19/h4,9-10,14,16H,3,5-8,11H2,1-2H3. The number of benzene rings is 1. The molecule has 1 fully saturated rings. The third-order valence-electron chi connectivity index (χ3n) is 4.67. The first kappa shape index (κ1) is 17.6. The highest BCUT2D eigenvalue weighted by Crippen LogP contribution is 2.33. The van der Waals surface area contributed by atoms with Crippen LogP contribution in [0.25, 0.3) is 0 Å². The molecule has 0 radical (unpaired) electrons. The van der Waals surface area contributed by atoms with Crippen molar-refractivity contribution in [1.29, 1.82) is 5.26 Å². The quantitative estimate of drug-likeness (QED) is 0.606. The lowest BCUT2D eigenvalue weighted by molar-refractivity contribution is -0.146. The predicted octanol–water partition coefficient (Wildman–Crippen LogP) is 3.86. The molecule has 0 bridgehead atoms. The summed E-state index contributed by atoms with van der Waals surface area (Å²) in [5.74, 6) is 0.327. The summed E-state index contributed by atoms with van der Waals surface area (Å²) >= 11 is 6.09. The minimum Gasteiger partial charge on any atom is -0.469 e. The molecule has 4 nitrogen and oxygen atoms in total. The van der Waals surface area contributed by atoms with Crippen LogP contribution >= 0.6 is 11.6 Å². The molecule has 0 saturated heterocycles. The van der Waals surface area contributed by atoms with Crippen molar-refractivity contribution in [3.8, 4) is 6.07 Å². The van der Waals surface area contributed by atoms with Crippen molar-refractivity contribution in [2.24, 2.45) is 5.92 Å². The van der Waals surface area contributed by atoms with Gasteiger partial charge in [0, 0.05) is 24.2 Å². The summed E-state index contributed by atoms with van der Waals surface area (Å²) in [5, 5.41) is 9.05. The fourth-order valence-corrected chi connectivity index (χ4v) is 3.67. The first-order valence-corrected chi connectivity index (χ1v) is 8.61. The Kier molecular flexibility index (Phi) is 6.29. The number of alkyl halides is 1. The van der Waals surface area contributed by atoms with E-state index in [0.717, 1.165) is 43.5 Å².